The van der Waals surface area contributed by atoms with Crippen molar-refractivity contribution in [2.24, 2.45) is 0 Å². The van der Waals surface area contributed by atoms with Crippen LogP contribution < -0.4 is 0 Å². The van der Waals surface area contributed by atoms with Gasteiger partial charge >= 0.3 is 0 Å². The highest BCUT2D eigenvalue weighted by Crippen LogP contribution is 2.14. The normalized spacial score (nSPS) is 10.4. The predicted octanol–water partition coefficient (Wildman–Crippen LogP) is 1.68. The van der Waals surface area contributed by atoms with Crippen molar-refractivity contribution >= 4 is 15.9 Å². The first-order valence-electron chi connectivity index (χ1n) is 3.40. The molecule has 0 unspecified atom stereocenters. The molecule has 2 aromatic rings. The van der Waals surface area contributed by atoms with Gasteiger partial charge < -0.3 is 4.42 Å². The molecule has 0 radical (unpaired) electrons. The van der Waals surface area contributed by atoms with Crippen molar-refractivity contribution in [3.05, 3.63) is 35.2 Å². The molecule has 0 amide bonds. The number of hydrogen-bond acceptors (Lipinski definition) is 3. The molecule has 0 bridgehead atoms. The average Bonchev–Trinajstić information content (AvgIpc) is 2.63. The molecule has 0 saturated carbocycles. The van der Waals surface area contributed by atoms with Crippen LogP contribution in [-0.2, 0) is 6.54 Å². The molecule has 2 aromatic heterocycles. The summed E-state index contributed by atoms with van der Waals surface area (Å²) in [6, 6.07) is 1.90. The third-order valence-corrected chi connectivity index (χ3v) is 1.85. The van der Waals surface area contributed by atoms with Crippen LogP contribution in [0.25, 0.3) is 0 Å². The molecule has 5 heteroatoms. The van der Waals surface area contributed by atoms with Crippen molar-refractivity contribution in [2.75, 3.05) is 0 Å². The van der Waals surface area contributed by atoms with Crippen LogP contribution in [0.1, 0.15) is 5.56 Å². The summed E-state index contributed by atoms with van der Waals surface area (Å²) in [4.78, 5) is 3.83. The second kappa shape index (κ2) is 3.10. The van der Waals surface area contributed by atoms with Gasteiger partial charge in [-0.3, -0.25) is 0 Å². The number of rotatable bonds is 2. The summed E-state index contributed by atoms with van der Waals surface area (Å²) in [7, 11) is 0. The van der Waals surface area contributed by atoms with E-state index in [1.807, 2.05) is 6.07 Å². The zero-order valence-corrected chi connectivity index (χ0v) is 7.73. The van der Waals surface area contributed by atoms with E-state index in [1.165, 1.54) is 6.33 Å². The van der Waals surface area contributed by atoms with Crippen molar-refractivity contribution in [1.29, 1.82) is 0 Å². The first-order chi connectivity index (χ1) is 5.84. The minimum atomic E-state index is 0.690. The fourth-order valence-electron chi connectivity index (χ4n) is 0.930. The molecule has 2 rings (SSSR count). The number of nitrogens with zero attached hydrogens (tertiary/aromatic N) is 3. The highest BCUT2D eigenvalue weighted by Gasteiger charge is 1.99. The van der Waals surface area contributed by atoms with Gasteiger partial charge in [-0.15, -0.1) is 0 Å². The van der Waals surface area contributed by atoms with Gasteiger partial charge in [0, 0.05) is 5.56 Å². The van der Waals surface area contributed by atoms with Crippen LogP contribution in [-0.4, -0.2) is 14.8 Å². The highest BCUT2D eigenvalue weighted by atomic mass is 79.9. The van der Waals surface area contributed by atoms with Gasteiger partial charge in [0.2, 0.25) is 0 Å². The summed E-state index contributed by atoms with van der Waals surface area (Å²) in [6.45, 7) is 0.690. The average molecular weight is 228 g/mol. The summed E-state index contributed by atoms with van der Waals surface area (Å²) in [5.41, 5.74) is 1.06. The molecular formula is C7H6BrN3O. The maximum absolute atomic E-state index is 5.07. The van der Waals surface area contributed by atoms with Crippen molar-refractivity contribution in [2.45, 2.75) is 6.54 Å². The summed E-state index contributed by atoms with van der Waals surface area (Å²) in [5, 5.41) is 3.97. The lowest BCUT2D eigenvalue weighted by atomic mass is 10.3. The number of hydrogen-bond donors (Lipinski definition) is 0. The molecule has 0 aliphatic heterocycles. The number of halogens is 1. The van der Waals surface area contributed by atoms with E-state index in [2.05, 4.69) is 26.0 Å². The standard InChI is InChI=1S/C7H6BrN3O/c8-7-1-6(3-12-7)2-11-5-9-4-10-11/h1,3-5H,2H2. The number of furan rings is 1. The van der Waals surface area contributed by atoms with Gasteiger partial charge in [-0.25, -0.2) is 9.67 Å². The Labute approximate surface area is 77.3 Å². The monoisotopic (exact) mass is 227 g/mol. The Morgan fingerprint density at radius 3 is 3.08 bits per heavy atom. The Hall–Kier alpha value is -1.10. The maximum Gasteiger partial charge on any atom is 0.169 e. The van der Waals surface area contributed by atoms with Crippen LogP contribution in [0, 0.1) is 0 Å². The van der Waals surface area contributed by atoms with Gasteiger partial charge in [-0.2, -0.15) is 5.10 Å². The van der Waals surface area contributed by atoms with Crippen LogP contribution in [0.4, 0.5) is 0 Å². The lowest BCUT2D eigenvalue weighted by molar-refractivity contribution is 0.535. The van der Waals surface area contributed by atoms with E-state index < -0.39 is 0 Å². The zero-order valence-electron chi connectivity index (χ0n) is 6.14. The predicted molar refractivity (Wildman–Crippen MR) is 45.5 cm³/mol. The molecule has 4 nitrogen and oxygen atoms in total. The summed E-state index contributed by atoms with van der Waals surface area (Å²) in [5.74, 6) is 0. The lowest BCUT2D eigenvalue weighted by Gasteiger charge is -1.93. The molecule has 0 saturated heterocycles. The van der Waals surface area contributed by atoms with Crippen molar-refractivity contribution in [1.82, 2.24) is 14.8 Å². The summed E-state index contributed by atoms with van der Waals surface area (Å²) in [6.07, 6.45) is 4.86. The van der Waals surface area contributed by atoms with Gasteiger partial charge in [0.15, 0.2) is 4.67 Å². The van der Waals surface area contributed by atoms with Crippen LogP contribution in [0.5, 0.6) is 0 Å². The van der Waals surface area contributed by atoms with Crippen LogP contribution in [0.3, 0.4) is 0 Å². The maximum atomic E-state index is 5.07. The van der Waals surface area contributed by atoms with Gasteiger partial charge in [-0.05, 0) is 22.0 Å². The quantitative estimate of drug-likeness (QED) is 0.785. The largest absolute Gasteiger partial charge is 0.457 e. The first kappa shape index (κ1) is 7.54. The Bertz CT molecular complexity index is 354. The van der Waals surface area contributed by atoms with Gasteiger partial charge in [0.1, 0.15) is 12.7 Å². The van der Waals surface area contributed by atoms with Crippen LogP contribution >= 0.6 is 15.9 Å². The van der Waals surface area contributed by atoms with E-state index in [9.17, 15) is 0 Å². The van der Waals surface area contributed by atoms with E-state index >= 15 is 0 Å². The second-order valence-corrected chi connectivity index (χ2v) is 3.13. The molecule has 0 aromatic carbocycles. The number of aromatic nitrogens is 3. The molecule has 2 heterocycles. The van der Waals surface area contributed by atoms with E-state index in [4.69, 9.17) is 4.42 Å². The van der Waals surface area contributed by atoms with E-state index in [-0.39, 0.29) is 0 Å². The lowest BCUT2D eigenvalue weighted by Crippen LogP contribution is -1.97. The second-order valence-electron chi connectivity index (χ2n) is 2.35. The fourth-order valence-corrected chi connectivity index (χ4v) is 1.32. The van der Waals surface area contributed by atoms with Crippen LogP contribution in [0.2, 0.25) is 0 Å². The Morgan fingerprint density at radius 1 is 1.58 bits per heavy atom. The Kier molecular flexibility index (Phi) is 1.95. The highest BCUT2D eigenvalue weighted by molar-refractivity contribution is 9.10. The minimum Gasteiger partial charge on any atom is -0.457 e. The van der Waals surface area contributed by atoms with E-state index in [0.29, 0.717) is 6.54 Å². The zero-order chi connectivity index (χ0) is 8.39. The smallest absolute Gasteiger partial charge is 0.169 e. The van der Waals surface area contributed by atoms with Crippen molar-refractivity contribution in [3.63, 3.8) is 0 Å². The molecule has 0 N–H and O–H groups in total. The fraction of sp³-hybridized carbons (Fsp3) is 0.143. The Morgan fingerprint density at radius 2 is 2.50 bits per heavy atom. The summed E-state index contributed by atoms with van der Waals surface area (Å²) < 4.78 is 7.54. The minimum absolute atomic E-state index is 0.690. The van der Waals surface area contributed by atoms with Crippen LogP contribution in [0.15, 0.2) is 34.1 Å². The SMILES string of the molecule is Brc1cc(Cn2cncn2)co1. The molecular weight excluding hydrogens is 222 g/mol. The van der Waals surface area contributed by atoms with Gasteiger partial charge in [-0.1, -0.05) is 0 Å². The van der Waals surface area contributed by atoms with Gasteiger partial charge in [0.25, 0.3) is 0 Å². The molecule has 0 fully saturated rings. The van der Waals surface area contributed by atoms with Crippen molar-refractivity contribution < 1.29 is 4.42 Å². The van der Waals surface area contributed by atoms with E-state index in [0.717, 1.165) is 10.2 Å². The molecule has 0 spiro atoms. The Balaban J connectivity index is 2.14. The topological polar surface area (TPSA) is 43.9 Å². The third-order valence-electron chi connectivity index (χ3n) is 1.43. The van der Waals surface area contributed by atoms with Gasteiger partial charge in [0.05, 0.1) is 12.8 Å². The van der Waals surface area contributed by atoms with E-state index in [1.54, 1.807) is 17.3 Å². The molecule has 62 valence electrons. The molecule has 0 aliphatic carbocycles. The molecule has 12 heavy (non-hydrogen) atoms. The molecule has 0 atom stereocenters. The first-order valence-corrected chi connectivity index (χ1v) is 4.19. The van der Waals surface area contributed by atoms with Crippen molar-refractivity contribution in [3.8, 4) is 0 Å². The third kappa shape index (κ3) is 1.55. The summed E-state index contributed by atoms with van der Waals surface area (Å²) >= 11 is 3.22. The molecule has 0 aliphatic rings.